The monoisotopic (exact) mass is 198 g/mol. The average Bonchev–Trinajstić information content (AvgIpc) is 2.27. The number of allylic oxidation sites excluding steroid dienone is 2. The van der Waals surface area contributed by atoms with Gasteiger partial charge in [-0.25, -0.2) is 0 Å². The van der Waals surface area contributed by atoms with Gasteiger partial charge in [0.2, 0.25) is 6.29 Å². The molecule has 0 unspecified atom stereocenters. The molecule has 1 aliphatic heterocycles. The average molecular weight is 198 g/mol. The van der Waals surface area contributed by atoms with Crippen LogP contribution in [0.25, 0.3) is 0 Å². The second-order valence-corrected chi connectivity index (χ2v) is 5.96. The lowest BCUT2D eigenvalue weighted by atomic mass is 9.85. The highest BCUT2D eigenvalue weighted by molar-refractivity contribution is 5.17. The van der Waals surface area contributed by atoms with Crippen LogP contribution in [0, 0.1) is 10.8 Å². The van der Waals surface area contributed by atoms with Crippen LogP contribution in [0.5, 0.6) is 0 Å². The van der Waals surface area contributed by atoms with Crippen molar-refractivity contribution in [2.75, 3.05) is 0 Å². The van der Waals surface area contributed by atoms with E-state index in [1.807, 2.05) is 6.92 Å². The lowest BCUT2D eigenvalue weighted by Gasteiger charge is -2.24. The van der Waals surface area contributed by atoms with E-state index in [1.54, 1.807) is 0 Å². The Kier molecular flexibility index (Phi) is 2.59. The molecular weight excluding hydrogens is 176 g/mol. The SMILES string of the molecule is CC1OC(C(C)(C)C)=C(C(C)(C)C)O1. The zero-order valence-electron chi connectivity index (χ0n) is 10.4. The molecule has 82 valence electrons. The Labute approximate surface area is 87.3 Å². The molecule has 0 aliphatic carbocycles. The summed E-state index contributed by atoms with van der Waals surface area (Å²) in [5.41, 5.74) is 0.0424. The highest BCUT2D eigenvalue weighted by Crippen LogP contribution is 2.42. The van der Waals surface area contributed by atoms with Crippen molar-refractivity contribution in [3.8, 4) is 0 Å². The minimum Gasteiger partial charge on any atom is -0.455 e. The molecule has 2 nitrogen and oxygen atoms in total. The Morgan fingerprint density at radius 1 is 0.786 bits per heavy atom. The minimum atomic E-state index is -0.140. The smallest absolute Gasteiger partial charge is 0.237 e. The van der Waals surface area contributed by atoms with Crippen LogP contribution in [0.4, 0.5) is 0 Å². The fourth-order valence-corrected chi connectivity index (χ4v) is 1.50. The van der Waals surface area contributed by atoms with Gasteiger partial charge in [0.15, 0.2) is 0 Å². The van der Waals surface area contributed by atoms with Crippen molar-refractivity contribution in [3.05, 3.63) is 11.5 Å². The Morgan fingerprint density at radius 3 is 1.29 bits per heavy atom. The quantitative estimate of drug-likeness (QED) is 0.591. The predicted octanol–water partition coefficient (Wildman–Crippen LogP) is 3.68. The van der Waals surface area contributed by atoms with Gasteiger partial charge in [-0.05, 0) is 0 Å². The molecule has 0 fully saturated rings. The summed E-state index contributed by atoms with van der Waals surface area (Å²) in [6.07, 6.45) is -0.140. The Morgan fingerprint density at radius 2 is 1.07 bits per heavy atom. The van der Waals surface area contributed by atoms with E-state index in [1.165, 1.54) is 0 Å². The Hall–Kier alpha value is -0.660. The summed E-state index contributed by atoms with van der Waals surface area (Å²) in [6.45, 7) is 14.8. The summed E-state index contributed by atoms with van der Waals surface area (Å²) in [7, 11) is 0. The fourth-order valence-electron chi connectivity index (χ4n) is 1.50. The molecule has 0 radical (unpaired) electrons. The van der Waals surface area contributed by atoms with Crippen LogP contribution in [0.3, 0.4) is 0 Å². The van der Waals surface area contributed by atoms with Crippen LogP contribution >= 0.6 is 0 Å². The highest BCUT2D eigenvalue weighted by atomic mass is 16.7. The van der Waals surface area contributed by atoms with Gasteiger partial charge in [-0.1, -0.05) is 41.5 Å². The van der Waals surface area contributed by atoms with Gasteiger partial charge in [-0.2, -0.15) is 0 Å². The second kappa shape index (κ2) is 3.18. The molecule has 0 N–H and O–H groups in total. The van der Waals surface area contributed by atoms with Crippen molar-refractivity contribution >= 4 is 0 Å². The lowest BCUT2D eigenvalue weighted by molar-refractivity contribution is -0.0409. The molecule has 0 aromatic rings. The first-order valence-electron chi connectivity index (χ1n) is 5.21. The van der Waals surface area contributed by atoms with E-state index >= 15 is 0 Å². The summed E-state index contributed by atoms with van der Waals surface area (Å²) in [4.78, 5) is 0. The number of hydrogen-bond donors (Lipinski definition) is 0. The largest absolute Gasteiger partial charge is 0.455 e. The van der Waals surface area contributed by atoms with Gasteiger partial charge in [0.25, 0.3) is 0 Å². The summed E-state index contributed by atoms with van der Waals surface area (Å²) in [5, 5.41) is 0. The molecule has 0 atom stereocenters. The third-order valence-electron chi connectivity index (χ3n) is 2.14. The zero-order chi connectivity index (χ0) is 11.1. The molecule has 0 saturated carbocycles. The van der Waals surface area contributed by atoms with Gasteiger partial charge in [0, 0.05) is 17.8 Å². The lowest BCUT2D eigenvalue weighted by Crippen LogP contribution is -2.17. The van der Waals surface area contributed by atoms with E-state index in [4.69, 9.17) is 9.47 Å². The van der Waals surface area contributed by atoms with E-state index in [-0.39, 0.29) is 17.1 Å². The molecule has 1 heterocycles. The maximum atomic E-state index is 5.72. The first kappa shape index (κ1) is 11.4. The fraction of sp³-hybridized carbons (Fsp3) is 0.833. The summed E-state index contributed by atoms with van der Waals surface area (Å²) < 4.78 is 11.4. The number of rotatable bonds is 0. The van der Waals surface area contributed by atoms with Crippen molar-refractivity contribution in [2.45, 2.75) is 54.8 Å². The molecule has 0 aromatic carbocycles. The van der Waals surface area contributed by atoms with Crippen LogP contribution in [-0.2, 0) is 9.47 Å². The first-order valence-corrected chi connectivity index (χ1v) is 5.21. The van der Waals surface area contributed by atoms with Crippen molar-refractivity contribution in [1.82, 2.24) is 0 Å². The summed E-state index contributed by atoms with van der Waals surface area (Å²) in [6, 6.07) is 0. The molecule has 0 saturated heterocycles. The normalized spacial score (nSPS) is 19.6. The molecule has 0 amide bonds. The van der Waals surface area contributed by atoms with Gasteiger partial charge in [0.1, 0.15) is 11.5 Å². The Bertz CT molecular complexity index is 224. The molecule has 0 aromatic heterocycles. The molecule has 2 heteroatoms. The van der Waals surface area contributed by atoms with Crippen molar-refractivity contribution in [2.24, 2.45) is 10.8 Å². The van der Waals surface area contributed by atoms with E-state index < -0.39 is 0 Å². The molecule has 1 aliphatic rings. The van der Waals surface area contributed by atoms with Crippen molar-refractivity contribution in [1.29, 1.82) is 0 Å². The Balaban J connectivity index is 3.08. The van der Waals surface area contributed by atoms with Crippen LogP contribution in [0.2, 0.25) is 0 Å². The van der Waals surface area contributed by atoms with Crippen LogP contribution in [-0.4, -0.2) is 6.29 Å². The number of ether oxygens (including phenoxy) is 2. The second-order valence-electron chi connectivity index (χ2n) is 5.96. The van der Waals surface area contributed by atoms with Crippen molar-refractivity contribution in [3.63, 3.8) is 0 Å². The van der Waals surface area contributed by atoms with Crippen molar-refractivity contribution < 1.29 is 9.47 Å². The van der Waals surface area contributed by atoms with E-state index in [2.05, 4.69) is 41.5 Å². The minimum absolute atomic E-state index is 0.0212. The maximum absolute atomic E-state index is 5.72. The third kappa shape index (κ3) is 2.23. The van der Waals surface area contributed by atoms with Gasteiger partial charge < -0.3 is 9.47 Å². The van der Waals surface area contributed by atoms with E-state index in [0.29, 0.717) is 0 Å². The maximum Gasteiger partial charge on any atom is 0.237 e. The molecule has 0 bridgehead atoms. The van der Waals surface area contributed by atoms with Gasteiger partial charge >= 0.3 is 0 Å². The van der Waals surface area contributed by atoms with E-state index in [0.717, 1.165) is 11.5 Å². The summed E-state index contributed by atoms with van der Waals surface area (Å²) in [5.74, 6) is 2.00. The topological polar surface area (TPSA) is 18.5 Å². The molecule has 0 spiro atoms. The van der Waals surface area contributed by atoms with Gasteiger partial charge in [-0.15, -0.1) is 0 Å². The van der Waals surface area contributed by atoms with Crippen LogP contribution in [0.1, 0.15) is 48.5 Å². The van der Waals surface area contributed by atoms with Crippen LogP contribution in [0.15, 0.2) is 11.5 Å². The highest BCUT2D eigenvalue weighted by Gasteiger charge is 2.37. The standard InChI is InChI=1S/C12H22O2/c1-8-13-9(11(2,3)4)10(14-8)12(5,6)7/h8H,1-7H3. The van der Waals surface area contributed by atoms with Crippen LogP contribution < -0.4 is 0 Å². The first-order chi connectivity index (χ1) is 6.12. The van der Waals surface area contributed by atoms with E-state index in [9.17, 15) is 0 Å². The predicted molar refractivity (Wildman–Crippen MR) is 57.6 cm³/mol. The zero-order valence-corrected chi connectivity index (χ0v) is 10.4. The van der Waals surface area contributed by atoms with Gasteiger partial charge in [0.05, 0.1) is 0 Å². The molecular formula is C12H22O2. The molecule has 1 rings (SSSR count). The molecule has 14 heavy (non-hydrogen) atoms. The van der Waals surface area contributed by atoms with Gasteiger partial charge in [-0.3, -0.25) is 0 Å². The number of hydrogen-bond acceptors (Lipinski definition) is 2. The third-order valence-corrected chi connectivity index (χ3v) is 2.14. The summed E-state index contributed by atoms with van der Waals surface area (Å²) >= 11 is 0.